The number of hydrogen-bond donors (Lipinski definition) is 2. The summed E-state index contributed by atoms with van der Waals surface area (Å²) in [6, 6.07) is 3.80. The molecule has 0 aromatic carbocycles. The van der Waals surface area contributed by atoms with Crippen LogP contribution in [0.2, 0.25) is 5.15 Å². The molecule has 0 unspecified atom stereocenters. The lowest BCUT2D eigenvalue weighted by Gasteiger charge is -2.13. The molecular formula is C18H28ClIN6. The van der Waals surface area contributed by atoms with E-state index in [9.17, 15) is 0 Å². The van der Waals surface area contributed by atoms with Crippen LogP contribution in [0, 0.1) is 0 Å². The monoisotopic (exact) mass is 490 g/mol. The molecule has 2 N–H and O–H groups in total. The second-order valence-corrected chi connectivity index (χ2v) is 6.18. The van der Waals surface area contributed by atoms with Crippen molar-refractivity contribution in [2.45, 2.75) is 39.7 Å². The molecule has 0 bridgehead atoms. The highest BCUT2D eigenvalue weighted by atomic mass is 127. The molecule has 8 heteroatoms. The average molecular weight is 491 g/mol. The fourth-order valence-electron chi connectivity index (χ4n) is 2.87. The zero-order valence-corrected chi connectivity index (χ0v) is 18.9. The zero-order valence-electron chi connectivity index (χ0n) is 15.8. The highest BCUT2D eigenvalue weighted by molar-refractivity contribution is 14.0. The molecule has 0 aliphatic carbocycles. The first-order valence-corrected chi connectivity index (χ1v) is 9.05. The number of pyridine rings is 1. The Labute approximate surface area is 177 Å². The fourth-order valence-corrected chi connectivity index (χ4v) is 2.98. The fraction of sp³-hybridized carbons (Fsp3) is 0.500. The molecule has 0 atom stereocenters. The summed E-state index contributed by atoms with van der Waals surface area (Å²) in [5, 5.41) is 11.9. The summed E-state index contributed by atoms with van der Waals surface area (Å²) in [5.74, 6) is 0.787. The van der Waals surface area contributed by atoms with E-state index in [-0.39, 0.29) is 24.0 Å². The van der Waals surface area contributed by atoms with Gasteiger partial charge in [-0.15, -0.1) is 24.0 Å². The Hall–Kier alpha value is -1.35. The molecule has 0 spiro atoms. The van der Waals surface area contributed by atoms with Gasteiger partial charge in [0.05, 0.1) is 5.69 Å². The smallest absolute Gasteiger partial charge is 0.191 e. The molecular weight excluding hydrogens is 463 g/mol. The minimum Gasteiger partial charge on any atom is -0.356 e. The van der Waals surface area contributed by atoms with Crippen molar-refractivity contribution in [2.24, 2.45) is 12.0 Å². The number of rotatable bonds is 7. The molecule has 0 aliphatic rings. The van der Waals surface area contributed by atoms with Gasteiger partial charge in [-0.2, -0.15) is 5.10 Å². The Morgan fingerprint density at radius 1 is 1.23 bits per heavy atom. The number of halogens is 2. The summed E-state index contributed by atoms with van der Waals surface area (Å²) in [6.07, 6.45) is 4.56. The number of aliphatic imine (C=N–C) groups is 1. The van der Waals surface area contributed by atoms with Gasteiger partial charge in [-0.05, 0) is 30.9 Å². The molecule has 0 saturated carbocycles. The van der Waals surface area contributed by atoms with Crippen molar-refractivity contribution in [3.05, 3.63) is 46.0 Å². The number of aromatic nitrogens is 3. The minimum absolute atomic E-state index is 0. The second-order valence-electron chi connectivity index (χ2n) is 5.79. The highest BCUT2D eigenvalue weighted by Crippen LogP contribution is 2.15. The topological polar surface area (TPSA) is 67.1 Å². The van der Waals surface area contributed by atoms with E-state index in [4.69, 9.17) is 11.6 Å². The summed E-state index contributed by atoms with van der Waals surface area (Å²) >= 11 is 5.81. The van der Waals surface area contributed by atoms with Crippen molar-refractivity contribution in [1.29, 1.82) is 0 Å². The zero-order chi connectivity index (χ0) is 18.2. The molecule has 144 valence electrons. The van der Waals surface area contributed by atoms with Gasteiger partial charge in [0.25, 0.3) is 0 Å². The number of nitrogens with one attached hydrogen (secondary N) is 2. The van der Waals surface area contributed by atoms with Gasteiger partial charge >= 0.3 is 0 Å². The lowest BCUT2D eigenvalue weighted by molar-refractivity contribution is 0.702. The quantitative estimate of drug-likeness (QED) is 0.271. The van der Waals surface area contributed by atoms with E-state index in [2.05, 4.69) is 39.6 Å². The molecule has 2 aromatic rings. The molecule has 0 saturated heterocycles. The number of nitrogens with zero attached hydrogens (tertiary/aromatic N) is 4. The van der Waals surface area contributed by atoms with Crippen LogP contribution in [0.5, 0.6) is 0 Å². The lowest BCUT2D eigenvalue weighted by atomic mass is 10.1. The van der Waals surface area contributed by atoms with Crippen LogP contribution in [0.1, 0.15) is 36.4 Å². The first kappa shape index (κ1) is 22.7. The van der Waals surface area contributed by atoms with Crippen molar-refractivity contribution >= 4 is 41.5 Å². The Balaban J connectivity index is 0.00000338. The van der Waals surface area contributed by atoms with E-state index in [1.54, 1.807) is 13.2 Å². The van der Waals surface area contributed by atoms with Gasteiger partial charge in [0.2, 0.25) is 0 Å². The summed E-state index contributed by atoms with van der Waals surface area (Å²) in [5.41, 5.74) is 4.83. The third-order valence-corrected chi connectivity index (χ3v) is 4.40. The van der Waals surface area contributed by atoms with Gasteiger partial charge in [0.1, 0.15) is 5.15 Å². The molecule has 2 aromatic heterocycles. The number of hydrogen-bond acceptors (Lipinski definition) is 3. The van der Waals surface area contributed by atoms with Gasteiger partial charge in [0, 0.05) is 44.6 Å². The molecule has 6 nitrogen and oxygen atoms in total. The van der Waals surface area contributed by atoms with Crippen LogP contribution in [0.4, 0.5) is 0 Å². The normalized spacial score (nSPS) is 11.2. The van der Waals surface area contributed by atoms with Crippen LogP contribution in [-0.4, -0.2) is 34.3 Å². The molecule has 0 radical (unpaired) electrons. The van der Waals surface area contributed by atoms with Crippen LogP contribution >= 0.6 is 35.6 Å². The van der Waals surface area contributed by atoms with Crippen molar-refractivity contribution in [3.8, 4) is 0 Å². The molecule has 2 rings (SSSR count). The Kier molecular flexibility index (Phi) is 9.93. The lowest BCUT2D eigenvalue weighted by Crippen LogP contribution is -2.38. The maximum absolute atomic E-state index is 5.81. The largest absolute Gasteiger partial charge is 0.356 e. The van der Waals surface area contributed by atoms with Crippen LogP contribution in [0.3, 0.4) is 0 Å². The van der Waals surface area contributed by atoms with E-state index in [1.165, 1.54) is 11.3 Å². The summed E-state index contributed by atoms with van der Waals surface area (Å²) < 4.78 is 1.99. The van der Waals surface area contributed by atoms with Crippen LogP contribution < -0.4 is 10.6 Å². The van der Waals surface area contributed by atoms with Gasteiger partial charge < -0.3 is 10.6 Å². The van der Waals surface area contributed by atoms with E-state index in [0.29, 0.717) is 5.15 Å². The second kappa shape index (κ2) is 11.4. The van der Waals surface area contributed by atoms with Crippen LogP contribution in [0.15, 0.2) is 23.3 Å². The van der Waals surface area contributed by atoms with Gasteiger partial charge in [-0.25, -0.2) is 4.98 Å². The predicted octanol–water partition coefficient (Wildman–Crippen LogP) is 3.12. The standard InChI is InChI=1S/C18H27ClN6.HI/c1-5-15-14(16(6-2)25(4)24-15)12-23-18(20-3)21-10-9-13-7-8-17(19)22-11-13;/h7-8,11H,5-6,9-10,12H2,1-4H3,(H2,20,21,23);1H. The van der Waals surface area contributed by atoms with E-state index >= 15 is 0 Å². The molecule has 0 fully saturated rings. The first-order valence-electron chi connectivity index (χ1n) is 8.67. The van der Waals surface area contributed by atoms with Gasteiger partial charge in [0.15, 0.2) is 5.96 Å². The van der Waals surface area contributed by atoms with Crippen molar-refractivity contribution in [3.63, 3.8) is 0 Å². The number of aryl methyl sites for hydroxylation is 2. The SMILES string of the molecule is CCc1nn(C)c(CC)c1CNC(=NC)NCCc1ccc(Cl)nc1.I. The third kappa shape index (κ3) is 6.12. The predicted molar refractivity (Wildman–Crippen MR) is 119 cm³/mol. The Bertz CT molecular complexity index is 711. The molecule has 0 aliphatic heterocycles. The van der Waals surface area contributed by atoms with E-state index in [1.807, 2.05) is 23.9 Å². The third-order valence-electron chi connectivity index (χ3n) is 4.18. The van der Waals surface area contributed by atoms with Crippen molar-refractivity contribution < 1.29 is 0 Å². The summed E-state index contributed by atoms with van der Waals surface area (Å²) in [6.45, 7) is 5.80. The number of guanidine groups is 1. The average Bonchev–Trinajstić information content (AvgIpc) is 2.94. The van der Waals surface area contributed by atoms with E-state index < -0.39 is 0 Å². The van der Waals surface area contributed by atoms with Crippen molar-refractivity contribution in [2.75, 3.05) is 13.6 Å². The maximum atomic E-state index is 5.81. The van der Waals surface area contributed by atoms with Crippen molar-refractivity contribution in [1.82, 2.24) is 25.4 Å². The molecule has 26 heavy (non-hydrogen) atoms. The highest BCUT2D eigenvalue weighted by Gasteiger charge is 2.13. The van der Waals surface area contributed by atoms with Gasteiger partial charge in [-0.1, -0.05) is 31.5 Å². The molecule has 2 heterocycles. The summed E-state index contributed by atoms with van der Waals surface area (Å²) in [7, 11) is 3.79. The minimum atomic E-state index is 0. The molecule has 0 amide bonds. The summed E-state index contributed by atoms with van der Waals surface area (Å²) in [4.78, 5) is 8.39. The van der Waals surface area contributed by atoms with Crippen LogP contribution in [-0.2, 0) is 32.9 Å². The Morgan fingerprint density at radius 2 is 2.00 bits per heavy atom. The Morgan fingerprint density at radius 3 is 2.58 bits per heavy atom. The first-order chi connectivity index (χ1) is 12.1. The van der Waals surface area contributed by atoms with Gasteiger partial charge in [-0.3, -0.25) is 9.67 Å². The van der Waals surface area contributed by atoms with Crippen LogP contribution in [0.25, 0.3) is 0 Å². The van der Waals surface area contributed by atoms with E-state index in [0.717, 1.165) is 49.6 Å². The maximum Gasteiger partial charge on any atom is 0.191 e.